The van der Waals surface area contributed by atoms with Gasteiger partial charge in [0.1, 0.15) is 5.54 Å². The Hall–Kier alpha value is -0.990. The van der Waals surface area contributed by atoms with Crippen LogP contribution >= 0.6 is 11.3 Å². The summed E-state index contributed by atoms with van der Waals surface area (Å²) in [6, 6.07) is 0. The van der Waals surface area contributed by atoms with Crippen LogP contribution in [0.1, 0.15) is 31.2 Å². The van der Waals surface area contributed by atoms with E-state index in [0.29, 0.717) is 17.8 Å². The molecule has 1 fully saturated rings. The van der Waals surface area contributed by atoms with Gasteiger partial charge in [0.2, 0.25) is 0 Å². The lowest BCUT2D eigenvalue weighted by atomic mass is 9.95. The number of carbonyl (C=O) groups is 1. The molecule has 0 amide bonds. The van der Waals surface area contributed by atoms with Crippen molar-refractivity contribution in [2.45, 2.75) is 42.9 Å². The van der Waals surface area contributed by atoms with Crippen LogP contribution in [0.5, 0.6) is 0 Å². The molecule has 0 saturated carbocycles. The van der Waals surface area contributed by atoms with Crippen LogP contribution in [0.25, 0.3) is 0 Å². The van der Waals surface area contributed by atoms with Crippen LogP contribution in [-0.2, 0) is 14.8 Å². The third-order valence-corrected chi connectivity index (χ3v) is 6.87. The second-order valence-electron chi connectivity index (χ2n) is 4.57. The van der Waals surface area contributed by atoms with Crippen molar-refractivity contribution in [2.75, 3.05) is 6.54 Å². The summed E-state index contributed by atoms with van der Waals surface area (Å²) in [6.45, 7) is 3.68. The predicted molar refractivity (Wildman–Crippen MR) is 70.6 cm³/mol. The van der Waals surface area contributed by atoms with Crippen molar-refractivity contribution in [3.63, 3.8) is 0 Å². The van der Waals surface area contributed by atoms with E-state index in [-0.39, 0.29) is 17.2 Å². The number of rotatable bonds is 4. The maximum atomic E-state index is 12.6. The third-order valence-electron chi connectivity index (χ3n) is 3.56. The summed E-state index contributed by atoms with van der Waals surface area (Å²) in [4.78, 5) is 15.5. The average molecular weight is 304 g/mol. The SMILES string of the molecule is CCC1(C(=O)O)CCCN1S(=O)(=O)c1cnc(C)s1. The molecule has 0 bridgehead atoms. The number of hydrogen-bond acceptors (Lipinski definition) is 5. The second-order valence-corrected chi connectivity index (χ2v) is 7.89. The minimum absolute atomic E-state index is 0.117. The molecule has 0 aliphatic carbocycles. The summed E-state index contributed by atoms with van der Waals surface area (Å²) in [5, 5.41) is 10.1. The molecule has 2 heterocycles. The summed E-state index contributed by atoms with van der Waals surface area (Å²) in [6.07, 6.45) is 2.49. The van der Waals surface area contributed by atoms with Gasteiger partial charge in [0.25, 0.3) is 10.0 Å². The summed E-state index contributed by atoms with van der Waals surface area (Å²) in [5.41, 5.74) is -1.31. The minimum atomic E-state index is -3.77. The van der Waals surface area contributed by atoms with E-state index >= 15 is 0 Å². The van der Waals surface area contributed by atoms with Crippen LogP contribution in [-0.4, -0.2) is 40.9 Å². The molecule has 1 atom stereocenters. The van der Waals surface area contributed by atoms with E-state index in [4.69, 9.17) is 0 Å². The summed E-state index contributed by atoms with van der Waals surface area (Å²) in [5.74, 6) is -1.07. The van der Waals surface area contributed by atoms with E-state index in [1.54, 1.807) is 13.8 Å². The molecule has 1 aliphatic rings. The molecule has 1 aliphatic heterocycles. The molecular formula is C11H16N2O4S2. The number of aliphatic carboxylic acids is 1. The zero-order valence-corrected chi connectivity index (χ0v) is 12.4. The molecule has 2 rings (SSSR count). The highest BCUT2D eigenvalue weighted by Crippen LogP contribution is 2.38. The van der Waals surface area contributed by atoms with Gasteiger partial charge in [-0.05, 0) is 26.2 Å². The van der Waals surface area contributed by atoms with Crippen molar-refractivity contribution in [2.24, 2.45) is 0 Å². The largest absolute Gasteiger partial charge is 0.480 e. The van der Waals surface area contributed by atoms with Gasteiger partial charge >= 0.3 is 5.97 Å². The highest BCUT2D eigenvalue weighted by Gasteiger charge is 2.52. The van der Waals surface area contributed by atoms with Gasteiger partial charge < -0.3 is 5.11 Å². The third kappa shape index (κ3) is 2.17. The van der Waals surface area contributed by atoms with Crippen LogP contribution in [0.15, 0.2) is 10.4 Å². The maximum absolute atomic E-state index is 12.6. The molecule has 6 nitrogen and oxygen atoms in total. The van der Waals surface area contributed by atoms with E-state index in [2.05, 4.69) is 4.98 Å². The number of nitrogens with zero attached hydrogens (tertiary/aromatic N) is 2. The van der Waals surface area contributed by atoms with Crippen LogP contribution < -0.4 is 0 Å². The normalized spacial score (nSPS) is 24.7. The standard InChI is InChI=1S/C11H16N2O4S2/c1-3-11(10(14)15)5-4-6-13(11)19(16,17)9-7-12-8(2)18-9/h7H,3-6H2,1-2H3,(H,14,15). The quantitative estimate of drug-likeness (QED) is 0.910. The van der Waals surface area contributed by atoms with Crippen LogP contribution in [0.3, 0.4) is 0 Å². The first kappa shape index (κ1) is 14.4. The molecule has 8 heteroatoms. The number of sulfonamides is 1. The summed E-state index contributed by atoms with van der Waals surface area (Å²) in [7, 11) is -3.77. The van der Waals surface area contributed by atoms with Crippen LogP contribution in [0, 0.1) is 6.92 Å². The number of thiazole rings is 1. The predicted octanol–water partition coefficient (Wildman–Crippen LogP) is 1.47. The lowest BCUT2D eigenvalue weighted by Crippen LogP contribution is -2.52. The van der Waals surface area contributed by atoms with Crippen molar-refractivity contribution in [1.82, 2.24) is 9.29 Å². The van der Waals surface area contributed by atoms with E-state index < -0.39 is 21.5 Å². The van der Waals surface area contributed by atoms with Gasteiger partial charge in [-0.3, -0.25) is 4.79 Å². The smallest absolute Gasteiger partial charge is 0.325 e. The second kappa shape index (κ2) is 4.84. The van der Waals surface area contributed by atoms with E-state index in [1.807, 2.05) is 0 Å². The first-order valence-electron chi connectivity index (χ1n) is 6.03. The van der Waals surface area contributed by atoms with Gasteiger partial charge in [-0.25, -0.2) is 13.4 Å². The fourth-order valence-corrected chi connectivity index (χ4v) is 5.58. The Morgan fingerprint density at radius 2 is 2.32 bits per heavy atom. The number of aromatic nitrogens is 1. The van der Waals surface area contributed by atoms with Crippen molar-refractivity contribution < 1.29 is 18.3 Å². The van der Waals surface area contributed by atoms with Gasteiger partial charge in [-0.1, -0.05) is 6.92 Å². The molecule has 1 aromatic rings. The summed E-state index contributed by atoms with van der Waals surface area (Å²) < 4.78 is 26.4. The topological polar surface area (TPSA) is 87.6 Å². The Bertz CT molecular complexity index is 596. The average Bonchev–Trinajstić information content (AvgIpc) is 2.95. The van der Waals surface area contributed by atoms with Crippen LogP contribution in [0.4, 0.5) is 0 Å². The molecule has 1 N–H and O–H groups in total. The first-order chi connectivity index (χ1) is 8.84. The van der Waals surface area contributed by atoms with E-state index in [0.717, 1.165) is 15.6 Å². The number of carboxylic acid groups (broad SMARTS) is 1. The van der Waals surface area contributed by atoms with Gasteiger partial charge in [0.05, 0.1) is 11.2 Å². The minimum Gasteiger partial charge on any atom is -0.480 e. The Morgan fingerprint density at radius 1 is 1.63 bits per heavy atom. The molecular weight excluding hydrogens is 288 g/mol. The van der Waals surface area contributed by atoms with Gasteiger partial charge in [-0.2, -0.15) is 4.31 Å². The molecule has 106 valence electrons. The molecule has 0 aromatic carbocycles. The van der Waals surface area contributed by atoms with Crippen molar-refractivity contribution >= 4 is 27.3 Å². The van der Waals surface area contributed by atoms with Crippen molar-refractivity contribution in [3.8, 4) is 0 Å². The number of carboxylic acids is 1. The van der Waals surface area contributed by atoms with E-state index in [1.165, 1.54) is 6.20 Å². The Morgan fingerprint density at radius 3 is 2.79 bits per heavy atom. The highest BCUT2D eigenvalue weighted by molar-refractivity contribution is 7.91. The molecule has 1 unspecified atom stereocenters. The highest BCUT2D eigenvalue weighted by atomic mass is 32.2. The monoisotopic (exact) mass is 304 g/mol. The summed E-state index contributed by atoms with van der Waals surface area (Å²) >= 11 is 1.07. The lowest BCUT2D eigenvalue weighted by molar-refractivity contribution is -0.147. The number of hydrogen-bond donors (Lipinski definition) is 1. The van der Waals surface area contributed by atoms with Gasteiger partial charge in [-0.15, -0.1) is 11.3 Å². The fourth-order valence-electron chi connectivity index (χ4n) is 2.49. The van der Waals surface area contributed by atoms with Gasteiger partial charge in [0.15, 0.2) is 4.21 Å². The molecule has 0 radical (unpaired) electrons. The Balaban J connectivity index is 2.48. The molecule has 1 aromatic heterocycles. The Labute approximate surface area is 116 Å². The van der Waals surface area contributed by atoms with Crippen molar-refractivity contribution in [1.29, 1.82) is 0 Å². The van der Waals surface area contributed by atoms with E-state index in [9.17, 15) is 18.3 Å². The fraction of sp³-hybridized carbons (Fsp3) is 0.636. The lowest BCUT2D eigenvalue weighted by Gasteiger charge is -2.32. The molecule has 0 spiro atoms. The number of aryl methyl sites for hydroxylation is 1. The molecule has 1 saturated heterocycles. The molecule has 19 heavy (non-hydrogen) atoms. The maximum Gasteiger partial charge on any atom is 0.325 e. The van der Waals surface area contributed by atoms with Crippen molar-refractivity contribution in [3.05, 3.63) is 11.2 Å². The van der Waals surface area contributed by atoms with Gasteiger partial charge in [0, 0.05) is 6.54 Å². The van der Waals surface area contributed by atoms with Crippen LogP contribution in [0.2, 0.25) is 0 Å². The Kier molecular flexibility index (Phi) is 3.67. The first-order valence-corrected chi connectivity index (χ1v) is 8.29. The zero-order chi connectivity index (χ0) is 14.3. The zero-order valence-electron chi connectivity index (χ0n) is 10.8.